The van der Waals surface area contributed by atoms with E-state index in [0.717, 1.165) is 24.4 Å². The molecular formula is C14H17NO6. The average molecular weight is 295 g/mol. The van der Waals surface area contributed by atoms with Crippen LogP contribution in [-0.2, 0) is 28.6 Å². The summed E-state index contributed by atoms with van der Waals surface area (Å²) in [5, 5.41) is 7.44. The standard InChI is InChI=1S/C14H17NO6/c1-4-11(16)19-8-14(7-15,9-20-12(17)5-2)10-21-13(18)6-3/h4-7,15H,1-3,8-10H2. The molecule has 0 atom stereocenters. The molecule has 114 valence electrons. The minimum Gasteiger partial charge on any atom is -0.461 e. The maximum absolute atomic E-state index is 11.1. The van der Waals surface area contributed by atoms with E-state index in [1.807, 2.05) is 0 Å². The molecule has 21 heavy (non-hydrogen) atoms. The zero-order valence-corrected chi connectivity index (χ0v) is 11.5. The second-order valence-corrected chi connectivity index (χ2v) is 3.94. The normalized spacial score (nSPS) is 9.90. The number of hydrogen-bond donors (Lipinski definition) is 1. The zero-order valence-electron chi connectivity index (χ0n) is 11.5. The van der Waals surface area contributed by atoms with E-state index in [1.54, 1.807) is 0 Å². The lowest BCUT2D eigenvalue weighted by Crippen LogP contribution is -2.40. The molecule has 1 N–H and O–H groups in total. The van der Waals surface area contributed by atoms with Crippen LogP contribution in [0.1, 0.15) is 0 Å². The highest BCUT2D eigenvalue weighted by Gasteiger charge is 2.33. The summed E-state index contributed by atoms with van der Waals surface area (Å²) in [6, 6.07) is 0. The number of esters is 3. The van der Waals surface area contributed by atoms with Gasteiger partial charge in [0.15, 0.2) is 0 Å². The summed E-state index contributed by atoms with van der Waals surface area (Å²) >= 11 is 0. The van der Waals surface area contributed by atoms with Crippen LogP contribution in [0, 0.1) is 10.8 Å². The van der Waals surface area contributed by atoms with Crippen molar-refractivity contribution in [2.24, 2.45) is 5.41 Å². The Morgan fingerprint density at radius 3 is 1.29 bits per heavy atom. The van der Waals surface area contributed by atoms with Crippen LogP contribution in [0.25, 0.3) is 0 Å². The van der Waals surface area contributed by atoms with Crippen molar-refractivity contribution in [3.8, 4) is 0 Å². The molecule has 0 heterocycles. The van der Waals surface area contributed by atoms with E-state index in [1.165, 1.54) is 0 Å². The molecule has 0 aromatic carbocycles. The molecule has 0 spiro atoms. The summed E-state index contributed by atoms with van der Waals surface area (Å²) in [7, 11) is 0. The number of rotatable bonds is 10. The molecule has 0 aliphatic carbocycles. The Bertz CT molecular complexity index is 395. The monoisotopic (exact) mass is 295 g/mol. The molecule has 7 heteroatoms. The van der Waals surface area contributed by atoms with Gasteiger partial charge in [0.1, 0.15) is 25.2 Å². The lowest BCUT2D eigenvalue weighted by Gasteiger charge is -2.27. The molecule has 0 aliphatic rings. The van der Waals surface area contributed by atoms with Crippen molar-refractivity contribution < 1.29 is 28.6 Å². The largest absolute Gasteiger partial charge is 0.461 e. The SMILES string of the molecule is C=CC(=O)OCC(C=N)(COC(=O)C=C)COC(=O)C=C. The van der Waals surface area contributed by atoms with Crippen LogP contribution < -0.4 is 0 Å². The molecule has 0 amide bonds. The predicted octanol–water partition coefficient (Wildman–Crippen LogP) is 0.810. The van der Waals surface area contributed by atoms with Crippen LogP contribution in [0.5, 0.6) is 0 Å². The molecule has 7 nitrogen and oxygen atoms in total. The van der Waals surface area contributed by atoms with Crippen LogP contribution in [0.15, 0.2) is 38.0 Å². The van der Waals surface area contributed by atoms with Gasteiger partial charge in [-0.05, 0) is 0 Å². The van der Waals surface area contributed by atoms with Gasteiger partial charge in [-0.2, -0.15) is 0 Å². The summed E-state index contributed by atoms with van der Waals surface area (Å²) in [6.07, 6.45) is 3.72. The molecule has 0 aromatic heterocycles. The smallest absolute Gasteiger partial charge is 0.330 e. The Morgan fingerprint density at radius 1 is 0.810 bits per heavy atom. The Balaban J connectivity index is 4.92. The summed E-state index contributed by atoms with van der Waals surface area (Å²) < 4.78 is 14.5. The summed E-state index contributed by atoms with van der Waals surface area (Å²) in [6.45, 7) is 8.73. The van der Waals surface area contributed by atoms with Crippen molar-refractivity contribution in [3.05, 3.63) is 38.0 Å². The summed E-state index contributed by atoms with van der Waals surface area (Å²) in [5.74, 6) is -2.15. The van der Waals surface area contributed by atoms with Crippen molar-refractivity contribution in [2.75, 3.05) is 19.8 Å². The van der Waals surface area contributed by atoms with Crippen molar-refractivity contribution >= 4 is 24.1 Å². The highest BCUT2D eigenvalue weighted by atomic mass is 16.6. The molecular weight excluding hydrogens is 278 g/mol. The molecule has 0 unspecified atom stereocenters. The highest BCUT2D eigenvalue weighted by Crippen LogP contribution is 2.17. The fraction of sp³-hybridized carbons (Fsp3) is 0.286. The van der Waals surface area contributed by atoms with E-state index < -0.39 is 23.3 Å². The van der Waals surface area contributed by atoms with Gasteiger partial charge in [-0.1, -0.05) is 19.7 Å². The fourth-order valence-electron chi connectivity index (χ4n) is 1.07. The molecule has 0 rings (SSSR count). The van der Waals surface area contributed by atoms with Crippen LogP contribution in [0.2, 0.25) is 0 Å². The number of carbonyl (C=O) groups is 3. The Morgan fingerprint density at radius 2 is 1.10 bits per heavy atom. The van der Waals surface area contributed by atoms with Gasteiger partial charge in [-0.15, -0.1) is 0 Å². The van der Waals surface area contributed by atoms with Crippen LogP contribution in [-0.4, -0.2) is 43.9 Å². The molecule has 0 radical (unpaired) electrons. The van der Waals surface area contributed by atoms with Gasteiger partial charge in [0.05, 0.1) is 0 Å². The Labute approximate surface area is 122 Å². The minimum absolute atomic E-state index is 0.323. The second kappa shape index (κ2) is 9.24. The molecule has 0 fully saturated rings. The van der Waals surface area contributed by atoms with Crippen LogP contribution in [0.3, 0.4) is 0 Å². The van der Waals surface area contributed by atoms with Gasteiger partial charge in [0.25, 0.3) is 0 Å². The maximum atomic E-state index is 11.1. The van der Waals surface area contributed by atoms with Gasteiger partial charge in [-0.25, -0.2) is 14.4 Å². The molecule has 0 bridgehead atoms. The van der Waals surface area contributed by atoms with Crippen LogP contribution in [0.4, 0.5) is 0 Å². The van der Waals surface area contributed by atoms with Crippen molar-refractivity contribution in [2.45, 2.75) is 0 Å². The number of nitrogens with one attached hydrogen (secondary N) is 1. The van der Waals surface area contributed by atoms with E-state index in [0.29, 0.717) is 0 Å². The first kappa shape index (κ1) is 18.3. The first-order valence-electron chi connectivity index (χ1n) is 5.82. The number of ether oxygens (including phenoxy) is 3. The minimum atomic E-state index is -1.30. The van der Waals surface area contributed by atoms with E-state index in [2.05, 4.69) is 19.7 Å². The van der Waals surface area contributed by atoms with Gasteiger partial charge in [0, 0.05) is 24.4 Å². The topological polar surface area (TPSA) is 103 Å². The summed E-state index contributed by atoms with van der Waals surface area (Å²) in [4.78, 5) is 33.3. The van der Waals surface area contributed by atoms with E-state index in [4.69, 9.17) is 19.6 Å². The summed E-state index contributed by atoms with van der Waals surface area (Å²) in [5.41, 5.74) is -1.30. The predicted molar refractivity (Wildman–Crippen MR) is 74.7 cm³/mol. The second-order valence-electron chi connectivity index (χ2n) is 3.94. The lowest BCUT2D eigenvalue weighted by molar-refractivity contribution is -0.150. The van der Waals surface area contributed by atoms with E-state index in [9.17, 15) is 14.4 Å². The number of carbonyl (C=O) groups excluding carboxylic acids is 3. The average Bonchev–Trinajstić information content (AvgIpc) is 2.53. The van der Waals surface area contributed by atoms with Gasteiger partial charge < -0.3 is 19.6 Å². The third-order valence-corrected chi connectivity index (χ3v) is 2.31. The van der Waals surface area contributed by atoms with Crippen molar-refractivity contribution in [1.82, 2.24) is 0 Å². The molecule has 0 aliphatic heterocycles. The zero-order chi connectivity index (χ0) is 16.3. The Kier molecular flexibility index (Phi) is 8.05. The van der Waals surface area contributed by atoms with Crippen LogP contribution >= 0.6 is 0 Å². The van der Waals surface area contributed by atoms with Gasteiger partial charge in [0.2, 0.25) is 0 Å². The van der Waals surface area contributed by atoms with Gasteiger partial charge >= 0.3 is 17.9 Å². The highest BCUT2D eigenvalue weighted by molar-refractivity contribution is 5.83. The fourth-order valence-corrected chi connectivity index (χ4v) is 1.07. The first-order valence-corrected chi connectivity index (χ1v) is 5.82. The molecule has 0 saturated carbocycles. The molecule has 0 aromatic rings. The third kappa shape index (κ3) is 6.86. The molecule has 0 saturated heterocycles. The van der Waals surface area contributed by atoms with Crippen molar-refractivity contribution in [3.63, 3.8) is 0 Å². The lowest BCUT2D eigenvalue weighted by atomic mass is 9.93. The first-order chi connectivity index (χ1) is 9.92. The Hall–Kier alpha value is -2.70. The van der Waals surface area contributed by atoms with Gasteiger partial charge in [-0.3, -0.25) is 0 Å². The van der Waals surface area contributed by atoms with E-state index >= 15 is 0 Å². The quantitative estimate of drug-likeness (QED) is 0.277. The van der Waals surface area contributed by atoms with E-state index in [-0.39, 0.29) is 19.8 Å². The maximum Gasteiger partial charge on any atom is 0.330 e. The third-order valence-electron chi connectivity index (χ3n) is 2.31. The van der Waals surface area contributed by atoms with Crippen molar-refractivity contribution in [1.29, 1.82) is 5.41 Å². The number of hydrogen-bond acceptors (Lipinski definition) is 7.